The minimum Gasteiger partial charge on any atom is -0.442 e. The lowest BCUT2D eigenvalue weighted by Gasteiger charge is -2.14. The molecule has 2 aromatic heterocycles. The smallest absolute Gasteiger partial charge is 0.414 e. The Hall–Kier alpha value is -3.83. The van der Waals surface area contributed by atoms with Gasteiger partial charge in [-0.05, 0) is 18.2 Å². The van der Waals surface area contributed by atoms with Crippen LogP contribution >= 0.6 is 0 Å². The number of hydrogen-bond acceptors (Lipinski definition) is 8. The molecule has 12 heteroatoms. The molecule has 0 saturated carbocycles. The largest absolute Gasteiger partial charge is 0.442 e. The molecule has 0 unspecified atom stereocenters. The first-order valence-electron chi connectivity index (χ1n) is 7.86. The summed E-state index contributed by atoms with van der Waals surface area (Å²) in [5.41, 5.74) is 0.759. The van der Waals surface area contributed by atoms with Crippen molar-refractivity contribution in [1.29, 1.82) is 0 Å². The lowest BCUT2D eigenvalue weighted by Crippen LogP contribution is -2.26. The fourth-order valence-corrected chi connectivity index (χ4v) is 2.73. The molecule has 4 rings (SSSR count). The number of nitrogens with zero attached hydrogens (tertiary/aromatic N) is 8. The number of carbonyl (C=O) groups is 1. The number of ether oxygens (including phenoxy) is 1. The van der Waals surface area contributed by atoms with E-state index in [1.165, 1.54) is 34.1 Å². The summed E-state index contributed by atoms with van der Waals surface area (Å²) >= 11 is 0. The molecule has 1 aliphatic heterocycles. The summed E-state index contributed by atoms with van der Waals surface area (Å²) in [5.74, 6) is -0.600. The molecule has 138 valence electrons. The van der Waals surface area contributed by atoms with E-state index in [4.69, 9.17) is 9.94 Å². The molecule has 1 amide bonds. The molecule has 1 aromatic carbocycles. The molecule has 1 aliphatic rings. The Labute approximate surface area is 151 Å². The van der Waals surface area contributed by atoms with E-state index in [1.807, 2.05) is 0 Å². The first kappa shape index (κ1) is 16.6. The van der Waals surface area contributed by atoms with Crippen LogP contribution in [0.25, 0.3) is 5.69 Å². The third kappa shape index (κ3) is 3.31. The second-order valence-electron chi connectivity index (χ2n) is 5.71. The van der Waals surface area contributed by atoms with E-state index in [9.17, 15) is 9.18 Å². The maximum Gasteiger partial charge on any atom is 0.414 e. The number of rotatable bonds is 5. The van der Waals surface area contributed by atoms with Gasteiger partial charge in [-0.2, -0.15) is 0 Å². The number of anilines is 1. The topological polar surface area (TPSA) is 124 Å². The normalized spacial score (nSPS) is 17.0. The predicted molar refractivity (Wildman–Crippen MR) is 88.3 cm³/mol. The molecule has 0 spiro atoms. The summed E-state index contributed by atoms with van der Waals surface area (Å²) in [7, 11) is 0. The second kappa shape index (κ2) is 6.82. The minimum atomic E-state index is -0.600. The Morgan fingerprint density at radius 3 is 3.04 bits per heavy atom. The molecule has 1 N–H and O–H groups in total. The third-order valence-corrected chi connectivity index (χ3v) is 3.93. The van der Waals surface area contributed by atoms with Gasteiger partial charge in [0.25, 0.3) is 0 Å². The van der Waals surface area contributed by atoms with Crippen LogP contribution in [0, 0.1) is 5.82 Å². The van der Waals surface area contributed by atoms with Crippen LogP contribution in [0.15, 0.2) is 41.9 Å². The molecule has 0 radical (unpaired) electrons. The van der Waals surface area contributed by atoms with Gasteiger partial charge < -0.3 is 9.94 Å². The highest BCUT2D eigenvalue weighted by atomic mass is 19.1. The van der Waals surface area contributed by atoms with E-state index in [1.54, 1.807) is 16.9 Å². The van der Waals surface area contributed by atoms with Crippen molar-refractivity contribution in [3.63, 3.8) is 0 Å². The van der Waals surface area contributed by atoms with Crippen LogP contribution in [0.2, 0.25) is 0 Å². The van der Waals surface area contributed by atoms with E-state index in [0.717, 1.165) is 6.21 Å². The molecule has 1 fully saturated rings. The van der Waals surface area contributed by atoms with Crippen molar-refractivity contribution in [2.75, 3.05) is 11.4 Å². The first-order valence-corrected chi connectivity index (χ1v) is 7.86. The van der Waals surface area contributed by atoms with Crippen molar-refractivity contribution in [2.45, 2.75) is 12.6 Å². The number of cyclic esters (lactones) is 1. The Kier molecular flexibility index (Phi) is 4.20. The SMILES string of the molecule is O=C1O[C@@H](Cn2ccnn2)CN1c1ccc(-n2cc(C=NO)nn2)c(F)c1. The van der Waals surface area contributed by atoms with Crippen LogP contribution in [0.1, 0.15) is 5.69 Å². The summed E-state index contributed by atoms with van der Waals surface area (Å²) in [5, 5.41) is 26.4. The fraction of sp³-hybridized carbons (Fsp3) is 0.200. The van der Waals surface area contributed by atoms with Gasteiger partial charge in [0.05, 0.1) is 37.4 Å². The number of halogens is 1. The standard InChI is InChI=1S/C15H13FN8O3/c16-13-5-11(1-2-14(13)24-7-10(6-18-26)19-21-24)23-9-12(27-15(23)25)8-22-4-3-17-20-22/h1-7,12,26H,8-9H2/t12-/m0/s1. The van der Waals surface area contributed by atoms with Crippen molar-refractivity contribution in [1.82, 2.24) is 30.0 Å². The zero-order valence-corrected chi connectivity index (χ0v) is 13.8. The predicted octanol–water partition coefficient (Wildman–Crippen LogP) is 0.831. The minimum absolute atomic E-state index is 0.135. The average molecular weight is 372 g/mol. The van der Waals surface area contributed by atoms with Crippen LogP contribution in [0.5, 0.6) is 0 Å². The Balaban J connectivity index is 1.52. The Morgan fingerprint density at radius 2 is 2.30 bits per heavy atom. The van der Waals surface area contributed by atoms with Crippen LogP contribution < -0.4 is 4.90 Å². The monoisotopic (exact) mass is 372 g/mol. The summed E-state index contributed by atoms with van der Waals surface area (Å²) in [6.45, 7) is 0.620. The van der Waals surface area contributed by atoms with Crippen LogP contribution in [0.4, 0.5) is 14.9 Å². The molecular formula is C15H13FN8O3. The van der Waals surface area contributed by atoms with Crippen molar-refractivity contribution >= 4 is 18.0 Å². The molecule has 3 heterocycles. The quantitative estimate of drug-likeness (QED) is 0.400. The number of carbonyl (C=O) groups excluding carboxylic acids is 1. The molecule has 3 aromatic rings. The van der Waals surface area contributed by atoms with Crippen LogP contribution in [-0.2, 0) is 11.3 Å². The van der Waals surface area contributed by atoms with Crippen LogP contribution in [0.3, 0.4) is 0 Å². The van der Waals surface area contributed by atoms with Gasteiger partial charge in [0.2, 0.25) is 0 Å². The Morgan fingerprint density at radius 1 is 1.41 bits per heavy atom. The van der Waals surface area contributed by atoms with Gasteiger partial charge >= 0.3 is 6.09 Å². The second-order valence-corrected chi connectivity index (χ2v) is 5.71. The van der Waals surface area contributed by atoms with Gasteiger partial charge in [0.1, 0.15) is 17.5 Å². The maximum absolute atomic E-state index is 14.5. The van der Waals surface area contributed by atoms with E-state index in [2.05, 4.69) is 25.8 Å². The third-order valence-electron chi connectivity index (χ3n) is 3.93. The molecule has 0 aliphatic carbocycles. The maximum atomic E-state index is 14.5. The number of hydrogen-bond donors (Lipinski definition) is 1. The van der Waals surface area contributed by atoms with Gasteiger partial charge in [-0.25, -0.2) is 18.5 Å². The first-order chi connectivity index (χ1) is 13.1. The van der Waals surface area contributed by atoms with Gasteiger partial charge in [0.15, 0.2) is 5.82 Å². The number of amides is 1. The number of benzene rings is 1. The summed E-state index contributed by atoms with van der Waals surface area (Å²) in [6, 6.07) is 4.27. The molecular weight excluding hydrogens is 359 g/mol. The zero-order valence-electron chi connectivity index (χ0n) is 13.8. The van der Waals surface area contributed by atoms with E-state index < -0.39 is 18.0 Å². The van der Waals surface area contributed by atoms with Crippen molar-refractivity contribution in [2.24, 2.45) is 5.16 Å². The molecule has 1 atom stereocenters. The number of oxime groups is 1. The zero-order chi connectivity index (χ0) is 18.8. The lowest BCUT2D eigenvalue weighted by molar-refractivity contribution is 0.129. The van der Waals surface area contributed by atoms with E-state index in [0.29, 0.717) is 12.2 Å². The van der Waals surface area contributed by atoms with E-state index in [-0.39, 0.29) is 17.9 Å². The summed E-state index contributed by atoms with van der Waals surface area (Å²) in [6.07, 6.45) is 4.69. The van der Waals surface area contributed by atoms with E-state index >= 15 is 0 Å². The highest BCUT2D eigenvalue weighted by Crippen LogP contribution is 2.25. The average Bonchev–Trinajstić information content (AvgIpc) is 3.38. The molecule has 0 bridgehead atoms. The summed E-state index contributed by atoms with van der Waals surface area (Å²) < 4.78 is 22.6. The fourth-order valence-electron chi connectivity index (χ4n) is 2.73. The number of aromatic nitrogens is 6. The van der Waals surface area contributed by atoms with Gasteiger partial charge in [-0.1, -0.05) is 15.6 Å². The summed E-state index contributed by atoms with van der Waals surface area (Å²) in [4.78, 5) is 13.5. The molecule has 27 heavy (non-hydrogen) atoms. The lowest BCUT2D eigenvalue weighted by atomic mass is 10.2. The van der Waals surface area contributed by atoms with Gasteiger partial charge in [-0.15, -0.1) is 10.2 Å². The van der Waals surface area contributed by atoms with Gasteiger partial charge in [0, 0.05) is 6.20 Å². The highest BCUT2D eigenvalue weighted by Gasteiger charge is 2.33. The molecule has 1 saturated heterocycles. The van der Waals surface area contributed by atoms with Gasteiger partial charge in [-0.3, -0.25) is 4.90 Å². The van der Waals surface area contributed by atoms with Crippen molar-refractivity contribution < 1.29 is 19.1 Å². The van der Waals surface area contributed by atoms with Crippen molar-refractivity contribution in [3.05, 3.63) is 48.3 Å². The van der Waals surface area contributed by atoms with Crippen LogP contribution in [-0.4, -0.2) is 60.2 Å². The molecule has 11 nitrogen and oxygen atoms in total. The highest BCUT2D eigenvalue weighted by molar-refractivity contribution is 5.89. The van der Waals surface area contributed by atoms with Crippen molar-refractivity contribution in [3.8, 4) is 5.69 Å². The Bertz CT molecular complexity index is 987.